The van der Waals surface area contributed by atoms with E-state index >= 15 is 0 Å². The van der Waals surface area contributed by atoms with Gasteiger partial charge in [0, 0.05) is 11.0 Å². The minimum atomic E-state index is 0.597. The summed E-state index contributed by atoms with van der Waals surface area (Å²) >= 11 is 3.55. The topological polar surface area (TPSA) is 21.3 Å². The molecule has 1 N–H and O–H groups in total. The molecule has 0 aromatic heterocycles. The number of hydrogen-bond donors (Lipinski definition) is 1. The Kier molecular flexibility index (Phi) is 6.77. The quantitative estimate of drug-likeness (QED) is 0.684. The van der Waals surface area contributed by atoms with Crippen LogP contribution in [0.1, 0.15) is 30.9 Å². The van der Waals surface area contributed by atoms with Crippen LogP contribution in [-0.4, -0.2) is 6.54 Å². The lowest BCUT2D eigenvalue weighted by Gasteiger charge is -2.10. The molecule has 21 heavy (non-hydrogen) atoms. The van der Waals surface area contributed by atoms with Crippen molar-refractivity contribution in [1.82, 2.24) is 5.32 Å². The molecule has 0 saturated carbocycles. The Labute approximate surface area is 135 Å². The molecular weight excluding hydrogens is 326 g/mol. The Hall–Kier alpha value is -1.32. The van der Waals surface area contributed by atoms with Gasteiger partial charge >= 0.3 is 0 Å². The minimum Gasteiger partial charge on any atom is -0.489 e. The zero-order valence-corrected chi connectivity index (χ0v) is 14.0. The van der Waals surface area contributed by atoms with Gasteiger partial charge in [-0.3, -0.25) is 0 Å². The number of rotatable bonds is 8. The first-order valence-electron chi connectivity index (χ1n) is 7.45. The predicted octanol–water partition coefficient (Wildman–Crippen LogP) is 4.92. The Morgan fingerprint density at radius 2 is 1.86 bits per heavy atom. The molecule has 2 nitrogen and oxygen atoms in total. The highest BCUT2D eigenvalue weighted by molar-refractivity contribution is 9.10. The van der Waals surface area contributed by atoms with E-state index < -0.39 is 0 Å². The highest BCUT2D eigenvalue weighted by atomic mass is 79.9. The lowest BCUT2D eigenvalue weighted by molar-refractivity contribution is 0.305. The lowest BCUT2D eigenvalue weighted by atomic mass is 10.2. The van der Waals surface area contributed by atoms with Gasteiger partial charge in [0.2, 0.25) is 0 Å². The van der Waals surface area contributed by atoms with Crippen molar-refractivity contribution >= 4 is 15.9 Å². The molecule has 0 saturated heterocycles. The third-order valence-corrected chi connectivity index (χ3v) is 3.67. The van der Waals surface area contributed by atoms with Crippen molar-refractivity contribution in [2.75, 3.05) is 6.54 Å². The third kappa shape index (κ3) is 5.90. The Morgan fingerprint density at radius 1 is 1.05 bits per heavy atom. The Morgan fingerprint density at radius 3 is 2.62 bits per heavy atom. The summed E-state index contributed by atoms with van der Waals surface area (Å²) in [7, 11) is 0. The first kappa shape index (κ1) is 16.1. The van der Waals surface area contributed by atoms with Crippen molar-refractivity contribution in [3.05, 3.63) is 64.1 Å². The standard InChI is InChI=1S/C18H22BrNO/c1-2-3-9-20-13-16-10-17(19)12-18(11-16)21-14-15-7-5-4-6-8-15/h4-8,10-12,20H,2-3,9,13-14H2,1H3. The SMILES string of the molecule is CCCCNCc1cc(Br)cc(OCc2ccccc2)c1. The molecule has 0 spiro atoms. The van der Waals surface area contributed by atoms with E-state index in [0.29, 0.717) is 6.61 Å². The Bertz CT molecular complexity index is 542. The van der Waals surface area contributed by atoms with Crippen LogP contribution in [-0.2, 0) is 13.2 Å². The molecule has 3 heteroatoms. The van der Waals surface area contributed by atoms with Crippen molar-refractivity contribution in [2.24, 2.45) is 0 Å². The fourth-order valence-electron chi connectivity index (χ4n) is 2.08. The fraction of sp³-hybridized carbons (Fsp3) is 0.333. The minimum absolute atomic E-state index is 0.597. The maximum absolute atomic E-state index is 5.88. The van der Waals surface area contributed by atoms with Gasteiger partial charge in [-0.1, -0.05) is 59.6 Å². The predicted molar refractivity (Wildman–Crippen MR) is 91.5 cm³/mol. The van der Waals surface area contributed by atoms with Crippen LogP contribution in [0, 0.1) is 0 Å². The normalized spacial score (nSPS) is 10.6. The second-order valence-corrected chi connectivity index (χ2v) is 6.02. The van der Waals surface area contributed by atoms with Gasteiger partial charge in [-0.15, -0.1) is 0 Å². The van der Waals surface area contributed by atoms with Crippen LogP contribution < -0.4 is 10.1 Å². The van der Waals surface area contributed by atoms with E-state index in [-0.39, 0.29) is 0 Å². The van der Waals surface area contributed by atoms with E-state index in [4.69, 9.17) is 4.74 Å². The monoisotopic (exact) mass is 347 g/mol. The summed E-state index contributed by atoms with van der Waals surface area (Å²) in [6, 6.07) is 16.5. The number of hydrogen-bond acceptors (Lipinski definition) is 2. The molecule has 112 valence electrons. The van der Waals surface area contributed by atoms with Crippen LogP contribution in [0.3, 0.4) is 0 Å². The summed E-state index contributed by atoms with van der Waals surface area (Å²) in [4.78, 5) is 0. The third-order valence-electron chi connectivity index (χ3n) is 3.22. The molecule has 0 amide bonds. The lowest BCUT2D eigenvalue weighted by Crippen LogP contribution is -2.14. The van der Waals surface area contributed by atoms with Gasteiger partial charge in [-0.05, 0) is 42.3 Å². The highest BCUT2D eigenvalue weighted by Gasteiger charge is 2.01. The molecule has 0 unspecified atom stereocenters. The van der Waals surface area contributed by atoms with Crippen molar-refractivity contribution in [3.63, 3.8) is 0 Å². The summed E-state index contributed by atoms with van der Waals surface area (Å²) in [6.07, 6.45) is 2.43. The fourth-order valence-corrected chi connectivity index (χ4v) is 2.60. The molecule has 2 aromatic carbocycles. The number of ether oxygens (including phenoxy) is 1. The van der Waals surface area contributed by atoms with Crippen LogP contribution in [0.2, 0.25) is 0 Å². The van der Waals surface area contributed by atoms with Gasteiger partial charge in [0.15, 0.2) is 0 Å². The first-order valence-corrected chi connectivity index (χ1v) is 8.24. The van der Waals surface area contributed by atoms with Gasteiger partial charge in [0.25, 0.3) is 0 Å². The highest BCUT2D eigenvalue weighted by Crippen LogP contribution is 2.22. The van der Waals surface area contributed by atoms with E-state index in [0.717, 1.165) is 23.3 Å². The molecule has 0 radical (unpaired) electrons. The number of nitrogens with one attached hydrogen (secondary N) is 1. The molecule has 0 fully saturated rings. The summed E-state index contributed by atoms with van der Waals surface area (Å²) < 4.78 is 6.94. The summed E-state index contributed by atoms with van der Waals surface area (Å²) in [5.74, 6) is 0.903. The number of benzene rings is 2. The van der Waals surface area contributed by atoms with Crippen LogP contribution in [0.4, 0.5) is 0 Å². The molecule has 0 aliphatic carbocycles. The molecule has 2 aromatic rings. The number of unbranched alkanes of at least 4 members (excludes halogenated alkanes) is 1. The maximum Gasteiger partial charge on any atom is 0.121 e. The maximum atomic E-state index is 5.88. The molecule has 0 aliphatic rings. The van der Waals surface area contributed by atoms with E-state index in [9.17, 15) is 0 Å². The summed E-state index contributed by atoms with van der Waals surface area (Å²) in [6.45, 7) is 4.74. The molecule has 0 bridgehead atoms. The van der Waals surface area contributed by atoms with Gasteiger partial charge in [0.1, 0.15) is 12.4 Å². The van der Waals surface area contributed by atoms with Crippen LogP contribution in [0.25, 0.3) is 0 Å². The zero-order chi connectivity index (χ0) is 14.9. The summed E-state index contributed by atoms with van der Waals surface area (Å²) in [5.41, 5.74) is 2.42. The second-order valence-electron chi connectivity index (χ2n) is 5.10. The second kappa shape index (κ2) is 8.85. The van der Waals surface area contributed by atoms with Crippen molar-refractivity contribution < 1.29 is 4.74 Å². The molecule has 0 heterocycles. The van der Waals surface area contributed by atoms with E-state index in [1.165, 1.54) is 24.0 Å². The average Bonchev–Trinajstić information content (AvgIpc) is 2.50. The number of halogens is 1. The molecule has 0 aliphatic heterocycles. The average molecular weight is 348 g/mol. The van der Waals surface area contributed by atoms with E-state index in [2.05, 4.69) is 52.4 Å². The van der Waals surface area contributed by atoms with Crippen molar-refractivity contribution in [2.45, 2.75) is 32.9 Å². The largest absolute Gasteiger partial charge is 0.489 e. The van der Waals surface area contributed by atoms with E-state index in [1.54, 1.807) is 0 Å². The molecule has 2 rings (SSSR count). The first-order chi connectivity index (χ1) is 10.3. The van der Waals surface area contributed by atoms with Crippen LogP contribution >= 0.6 is 15.9 Å². The van der Waals surface area contributed by atoms with Gasteiger partial charge < -0.3 is 10.1 Å². The van der Waals surface area contributed by atoms with Crippen molar-refractivity contribution in [3.8, 4) is 5.75 Å². The van der Waals surface area contributed by atoms with Gasteiger partial charge in [-0.2, -0.15) is 0 Å². The smallest absolute Gasteiger partial charge is 0.121 e. The molecular formula is C18H22BrNO. The van der Waals surface area contributed by atoms with Crippen LogP contribution in [0.15, 0.2) is 53.0 Å². The van der Waals surface area contributed by atoms with Crippen molar-refractivity contribution in [1.29, 1.82) is 0 Å². The van der Waals surface area contributed by atoms with Gasteiger partial charge in [0.05, 0.1) is 0 Å². The molecule has 0 atom stereocenters. The van der Waals surface area contributed by atoms with Gasteiger partial charge in [-0.25, -0.2) is 0 Å². The zero-order valence-electron chi connectivity index (χ0n) is 12.4. The summed E-state index contributed by atoms with van der Waals surface area (Å²) in [5, 5.41) is 3.45. The van der Waals surface area contributed by atoms with Crippen LogP contribution in [0.5, 0.6) is 5.75 Å². The Balaban J connectivity index is 1.91. The van der Waals surface area contributed by atoms with E-state index in [1.807, 2.05) is 24.3 Å².